The van der Waals surface area contributed by atoms with Crippen molar-refractivity contribution in [1.29, 1.82) is 0 Å². The van der Waals surface area contributed by atoms with Gasteiger partial charge in [-0.15, -0.1) is 0 Å². The second-order valence-electron chi connectivity index (χ2n) is 5.82. The molecule has 0 radical (unpaired) electrons. The van der Waals surface area contributed by atoms with Gasteiger partial charge < -0.3 is 10.6 Å². The second kappa shape index (κ2) is 7.16. The molecule has 0 spiro atoms. The number of nitrogens with zero attached hydrogens (tertiary/aromatic N) is 1. The third-order valence-electron chi connectivity index (χ3n) is 3.32. The summed E-state index contributed by atoms with van der Waals surface area (Å²) < 4.78 is 40.1. The third kappa shape index (κ3) is 4.92. The van der Waals surface area contributed by atoms with Gasteiger partial charge in [0.05, 0.1) is 5.56 Å². The molecule has 0 saturated carbocycles. The van der Waals surface area contributed by atoms with Gasteiger partial charge in [-0.1, -0.05) is 13.0 Å². The zero-order chi connectivity index (χ0) is 16.2. The predicted molar refractivity (Wildman–Crippen MR) is 81.6 cm³/mol. The van der Waals surface area contributed by atoms with E-state index in [1.54, 1.807) is 24.0 Å². The summed E-state index contributed by atoms with van der Waals surface area (Å²) in [5, 5.41) is 0. The van der Waals surface area contributed by atoms with E-state index in [1.807, 2.05) is 20.8 Å². The normalized spacial score (nSPS) is 13.6. The van der Waals surface area contributed by atoms with Crippen molar-refractivity contribution in [1.82, 2.24) is 0 Å². The van der Waals surface area contributed by atoms with Crippen LogP contribution in [-0.4, -0.2) is 18.6 Å². The van der Waals surface area contributed by atoms with Crippen LogP contribution in [0.5, 0.6) is 0 Å². The zero-order valence-electron chi connectivity index (χ0n) is 13.2. The third-order valence-corrected chi connectivity index (χ3v) is 3.32. The molecule has 0 aliphatic carbocycles. The minimum Gasteiger partial charge on any atom is -0.369 e. The van der Waals surface area contributed by atoms with Gasteiger partial charge in [0.2, 0.25) is 0 Å². The molecule has 1 aromatic rings. The van der Waals surface area contributed by atoms with Crippen molar-refractivity contribution in [3.8, 4) is 0 Å². The average Bonchev–Trinajstić information content (AvgIpc) is 2.34. The molecular formula is C16H25F3N2. The fourth-order valence-corrected chi connectivity index (χ4v) is 2.46. The van der Waals surface area contributed by atoms with Crippen LogP contribution in [-0.2, 0) is 12.6 Å². The zero-order valence-corrected chi connectivity index (χ0v) is 13.2. The van der Waals surface area contributed by atoms with Crippen molar-refractivity contribution >= 4 is 5.69 Å². The van der Waals surface area contributed by atoms with Crippen LogP contribution in [0.15, 0.2) is 18.2 Å². The van der Waals surface area contributed by atoms with E-state index in [9.17, 15) is 13.2 Å². The van der Waals surface area contributed by atoms with E-state index in [0.717, 1.165) is 6.42 Å². The lowest BCUT2D eigenvalue weighted by molar-refractivity contribution is -0.137. The van der Waals surface area contributed by atoms with E-state index < -0.39 is 11.7 Å². The molecule has 1 unspecified atom stereocenters. The number of anilines is 1. The lowest BCUT2D eigenvalue weighted by Crippen LogP contribution is -2.33. The van der Waals surface area contributed by atoms with Gasteiger partial charge in [0.25, 0.3) is 0 Å². The van der Waals surface area contributed by atoms with E-state index in [0.29, 0.717) is 18.5 Å². The predicted octanol–water partition coefficient (Wildman–Crippen LogP) is 4.22. The van der Waals surface area contributed by atoms with Crippen LogP contribution in [0.4, 0.5) is 18.9 Å². The Morgan fingerprint density at radius 1 is 1.19 bits per heavy atom. The van der Waals surface area contributed by atoms with Crippen molar-refractivity contribution in [3.05, 3.63) is 29.3 Å². The van der Waals surface area contributed by atoms with E-state index in [1.165, 1.54) is 6.07 Å². The maximum absolute atomic E-state index is 13.4. The molecule has 2 nitrogen and oxygen atoms in total. The van der Waals surface area contributed by atoms with Crippen molar-refractivity contribution < 1.29 is 13.2 Å². The Morgan fingerprint density at radius 2 is 1.81 bits per heavy atom. The number of hydrogen-bond donors (Lipinski definition) is 1. The highest BCUT2D eigenvalue weighted by molar-refractivity contribution is 5.57. The van der Waals surface area contributed by atoms with E-state index >= 15 is 0 Å². The summed E-state index contributed by atoms with van der Waals surface area (Å²) in [5.41, 5.74) is 6.00. The molecule has 0 heterocycles. The molecule has 1 rings (SSSR count). The molecule has 0 amide bonds. The minimum atomic E-state index is -4.36. The SMILES string of the molecule is CCCN(c1ccc(CC(C)N)cc1C(F)(F)F)C(C)C. The summed E-state index contributed by atoms with van der Waals surface area (Å²) in [7, 11) is 0. The highest BCUT2D eigenvalue weighted by Gasteiger charge is 2.35. The first-order valence-corrected chi connectivity index (χ1v) is 7.39. The van der Waals surface area contributed by atoms with Crippen molar-refractivity contribution in [2.75, 3.05) is 11.4 Å². The Balaban J connectivity index is 3.30. The molecule has 0 aromatic heterocycles. The van der Waals surface area contributed by atoms with Crippen LogP contribution in [0.1, 0.15) is 45.2 Å². The van der Waals surface area contributed by atoms with Crippen LogP contribution < -0.4 is 10.6 Å². The molecule has 0 aliphatic rings. The van der Waals surface area contributed by atoms with Crippen molar-refractivity contribution in [2.45, 2.75) is 58.8 Å². The van der Waals surface area contributed by atoms with E-state index in [-0.39, 0.29) is 17.8 Å². The second-order valence-corrected chi connectivity index (χ2v) is 5.82. The maximum atomic E-state index is 13.4. The van der Waals surface area contributed by atoms with Gasteiger partial charge >= 0.3 is 6.18 Å². The van der Waals surface area contributed by atoms with Gasteiger partial charge in [-0.05, 0) is 51.3 Å². The fourth-order valence-electron chi connectivity index (χ4n) is 2.46. The molecular weight excluding hydrogens is 277 g/mol. The average molecular weight is 302 g/mol. The van der Waals surface area contributed by atoms with Gasteiger partial charge in [0.15, 0.2) is 0 Å². The molecule has 120 valence electrons. The number of hydrogen-bond acceptors (Lipinski definition) is 2. The molecule has 1 atom stereocenters. The van der Waals surface area contributed by atoms with Gasteiger partial charge in [-0.3, -0.25) is 0 Å². The van der Waals surface area contributed by atoms with Crippen LogP contribution in [0.2, 0.25) is 0 Å². The molecule has 5 heteroatoms. The maximum Gasteiger partial charge on any atom is 0.418 e. The van der Waals surface area contributed by atoms with E-state index in [4.69, 9.17) is 5.73 Å². The first kappa shape index (κ1) is 17.8. The Hall–Kier alpha value is -1.23. The lowest BCUT2D eigenvalue weighted by Gasteiger charge is -2.31. The Kier molecular flexibility index (Phi) is 6.08. The molecule has 2 N–H and O–H groups in total. The molecule has 0 fully saturated rings. The monoisotopic (exact) mass is 302 g/mol. The fraction of sp³-hybridized carbons (Fsp3) is 0.625. The molecule has 1 aromatic carbocycles. The molecule has 0 saturated heterocycles. The largest absolute Gasteiger partial charge is 0.418 e. The number of rotatable bonds is 6. The summed E-state index contributed by atoms with van der Waals surface area (Å²) >= 11 is 0. The summed E-state index contributed by atoms with van der Waals surface area (Å²) in [4.78, 5) is 1.80. The Morgan fingerprint density at radius 3 is 2.24 bits per heavy atom. The molecule has 0 bridgehead atoms. The number of alkyl halides is 3. The number of benzene rings is 1. The minimum absolute atomic E-state index is 0.0188. The lowest BCUT2D eigenvalue weighted by atomic mass is 10.0. The summed E-state index contributed by atoms with van der Waals surface area (Å²) in [6, 6.07) is 4.43. The van der Waals surface area contributed by atoms with Gasteiger partial charge in [-0.2, -0.15) is 13.2 Å². The standard InChI is InChI=1S/C16H25F3N2/c1-5-8-21(11(2)3)15-7-6-13(9-12(4)20)10-14(15)16(17,18)19/h6-7,10-12H,5,8-9,20H2,1-4H3. The Labute approximate surface area is 125 Å². The number of nitrogens with two attached hydrogens (primary N) is 1. The Bertz CT molecular complexity index is 453. The van der Waals surface area contributed by atoms with Gasteiger partial charge in [-0.25, -0.2) is 0 Å². The topological polar surface area (TPSA) is 29.3 Å². The van der Waals surface area contributed by atoms with Gasteiger partial charge in [0, 0.05) is 24.3 Å². The summed E-state index contributed by atoms with van der Waals surface area (Å²) in [6.45, 7) is 8.18. The van der Waals surface area contributed by atoms with Crippen molar-refractivity contribution in [2.24, 2.45) is 5.73 Å². The quantitative estimate of drug-likeness (QED) is 0.852. The highest BCUT2D eigenvalue weighted by atomic mass is 19.4. The molecule has 21 heavy (non-hydrogen) atoms. The van der Waals surface area contributed by atoms with Crippen LogP contribution in [0.3, 0.4) is 0 Å². The van der Waals surface area contributed by atoms with E-state index in [2.05, 4.69) is 0 Å². The van der Waals surface area contributed by atoms with Crippen molar-refractivity contribution in [3.63, 3.8) is 0 Å². The van der Waals surface area contributed by atoms with Crippen LogP contribution >= 0.6 is 0 Å². The smallest absolute Gasteiger partial charge is 0.369 e. The first-order valence-electron chi connectivity index (χ1n) is 7.39. The number of halogens is 3. The molecule has 0 aliphatic heterocycles. The van der Waals surface area contributed by atoms with Crippen LogP contribution in [0.25, 0.3) is 0 Å². The first-order chi connectivity index (χ1) is 9.66. The summed E-state index contributed by atoms with van der Waals surface area (Å²) in [6.07, 6.45) is -3.11. The summed E-state index contributed by atoms with van der Waals surface area (Å²) in [5.74, 6) is 0. The van der Waals surface area contributed by atoms with Gasteiger partial charge in [0.1, 0.15) is 0 Å². The van der Waals surface area contributed by atoms with Crippen LogP contribution in [0, 0.1) is 0 Å². The highest BCUT2D eigenvalue weighted by Crippen LogP contribution is 2.38.